The Hall–Kier alpha value is -1.39. The topological polar surface area (TPSA) is 54.5 Å². The molecule has 15 heteroatoms. The Kier molecular flexibility index (Phi) is 14.1. The van der Waals surface area contributed by atoms with E-state index in [2.05, 4.69) is 41.8 Å². The average molecular weight is 813 g/mol. The standard InChI is InChI=1S/C39H59F6N3O4S2/c1-36-16-15-31-30-12-10-28(51-18-8-20-53-54-25-27-22-29(50-6)23-47(27)4)21-26(30)9-11-32(31)33(36)13-14-34(36)48(5)35(49)24-46(3)17-7-19-52-37(2,38(40,41)42)39(43,44)45/h10,12,21,27,29,31-34H,7-9,11,13-20,22-25H2,1-6H3/t27-,29+,31?,32?,33?,34+,36+/m1/s1/i6D. The minimum atomic E-state index is -5.60. The molecular formula is C39H59F6N3O4S2. The predicted molar refractivity (Wildman–Crippen MR) is 203 cm³/mol. The van der Waals surface area contributed by atoms with Crippen molar-refractivity contribution in [3.05, 3.63) is 29.3 Å². The number of carbonyl (C=O) groups is 1. The lowest BCUT2D eigenvalue weighted by molar-refractivity contribution is -0.374. The fourth-order valence-electron chi connectivity index (χ4n) is 9.63. The van der Waals surface area contributed by atoms with Crippen molar-refractivity contribution < 1.29 is 46.7 Å². The van der Waals surface area contributed by atoms with Crippen LogP contribution in [0.2, 0.25) is 0 Å². The highest BCUT2D eigenvalue weighted by Gasteiger charge is 2.69. The molecular weight excluding hydrogens is 753 g/mol. The zero-order chi connectivity index (χ0) is 40.2. The molecule has 3 unspecified atom stereocenters. The van der Waals surface area contributed by atoms with E-state index in [9.17, 15) is 31.1 Å². The molecule has 3 aliphatic carbocycles. The van der Waals surface area contributed by atoms with Gasteiger partial charge in [0.15, 0.2) is 0 Å². The summed E-state index contributed by atoms with van der Waals surface area (Å²) in [5.41, 5.74) is -1.44. The third-order valence-corrected chi connectivity index (χ3v) is 15.5. The van der Waals surface area contributed by atoms with E-state index in [1.807, 2.05) is 33.5 Å². The van der Waals surface area contributed by atoms with Crippen molar-refractivity contribution in [2.45, 2.75) is 114 Å². The number of hydrogen-bond donors (Lipinski definition) is 0. The number of amides is 1. The highest BCUT2D eigenvalue weighted by Crippen LogP contribution is 2.62. The lowest BCUT2D eigenvalue weighted by atomic mass is 9.55. The van der Waals surface area contributed by atoms with Gasteiger partial charge in [-0.15, -0.1) is 0 Å². The monoisotopic (exact) mass is 812 g/mol. The summed E-state index contributed by atoms with van der Waals surface area (Å²) in [5.74, 6) is 4.43. The van der Waals surface area contributed by atoms with E-state index in [4.69, 9.17) is 10.8 Å². The number of halogens is 6. The van der Waals surface area contributed by atoms with E-state index in [-0.39, 0.29) is 57.0 Å². The summed E-state index contributed by atoms with van der Waals surface area (Å²) in [6.45, 7) is 3.32. The van der Waals surface area contributed by atoms with Crippen molar-refractivity contribution in [1.29, 1.82) is 0 Å². The van der Waals surface area contributed by atoms with Crippen LogP contribution in [0.5, 0.6) is 5.75 Å². The summed E-state index contributed by atoms with van der Waals surface area (Å²) in [6, 6.07) is 7.21. The number of fused-ring (bicyclic) bond motifs is 5. The van der Waals surface area contributed by atoms with Crippen molar-refractivity contribution in [1.82, 2.24) is 14.7 Å². The maximum atomic E-state index is 13.5. The van der Waals surface area contributed by atoms with Gasteiger partial charge in [-0.2, -0.15) is 26.3 Å². The van der Waals surface area contributed by atoms with Crippen LogP contribution in [0.1, 0.15) is 83.6 Å². The van der Waals surface area contributed by atoms with Crippen LogP contribution in [0.15, 0.2) is 18.2 Å². The summed E-state index contributed by atoms with van der Waals surface area (Å²) in [4.78, 5) is 19.3. The Morgan fingerprint density at radius 3 is 2.54 bits per heavy atom. The van der Waals surface area contributed by atoms with Crippen LogP contribution < -0.4 is 4.74 Å². The lowest BCUT2D eigenvalue weighted by Crippen LogP contribution is -2.56. The van der Waals surface area contributed by atoms with Gasteiger partial charge in [0, 0.05) is 57.4 Å². The zero-order valence-corrected chi connectivity index (χ0v) is 33.9. The first-order valence-electron chi connectivity index (χ1n) is 19.9. The van der Waals surface area contributed by atoms with Gasteiger partial charge in [-0.3, -0.25) is 14.6 Å². The summed E-state index contributed by atoms with van der Waals surface area (Å²) in [7, 11) is 9.43. The number of ether oxygens (including phenoxy) is 3. The number of nitrogens with zero attached hydrogens (tertiary/aromatic N) is 3. The molecule has 308 valence electrons. The van der Waals surface area contributed by atoms with Crippen LogP contribution in [0.3, 0.4) is 0 Å². The van der Waals surface area contributed by atoms with Gasteiger partial charge in [-0.1, -0.05) is 34.6 Å². The Bertz CT molecular complexity index is 1410. The molecule has 0 radical (unpaired) electrons. The van der Waals surface area contributed by atoms with E-state index in [0.29, 0.717) is 30.4 Å². The molecule has 1 amide bonds. The normalized spacial score (nSPS) is 29.1. The predicted octanol–water partition coefficient (Wildman–Crippen LogP) is 8.46. The molecule has 3 fully saturated rings. The smallest absolute Gasteiger partial charge is 0.426 e. The molecule has 7 nitrogen and oxygen atoms in total. The first-order valence-corrected chi connectivity index (χ1v) is 21.7. The number of alkyl halides is 6. The number of likely N-dealkylation sites (tertiary alicyclic amines) is 1. The summed E-state index contributed by atoms with van der Waals surface area (Å²) in [6.07, 6.45) is -2.98. The quantitative estimate of drug-likeness (QED) is 0.0884. The number of rotatable bonds is 17. The molecule has 1 aliphatic heterocycles. The van der Waals surface area contributed by atoms with Gasteiger partial charge >= 0.3 is 12.4 Å². The minimum Gasteiger partial charge on any atom is -0.494 e. The zero-order valence-electron chi connectivity index (χ0n) is 33.3. The molecule has 7 atom stereocenters. The first kappa shape index (κ1) is 42.2. The SMILES string of the molecule is [2H]CO[C@H]1C[C@H](CSSCCCOc2ccc3c(c2)CCC2C3CC[C@@]3(C)C2CC[C@@H]3N(C)C(=O)CN(C)CCCOC(C)(C(F)(F)F)C(F)(F)F)N(C)C1. The number of aryl methyl sites for hydroxylation is 1. The summed E-state index contributed by atoms with van der Waals surface area (Å²) in [5, 5.41) is 0. The third-order valence-electron chi connectivity index (χ3n) is 12.9. The fourth-order valence-corrected chi connectivity index (χ4v) is 12.1. The molecule has 0 bridgehead atoms. The highest BCUT2D eigenvalue weighted by molar-refractivity contribution is 8.76. The molecule has 1 aromatic rings. The summed E-state index contributed by atoms with van der Waals surface area (Å²) >= 11 is 0. The van der Waals surface area contributed by atoms with E-state index in [0.717, 1.165) is 75.2 Å². The summed E-state index contributed by atoms with van der Waals surface area (Å²) < 4.78 is 102. The number of methoxy groups -OCH3 is 1. The first-order chi connectivity index (χ1) is 25.9. The second-order valence-corrected chi connectivity index (χ2v) is 18.9. The van der Waals surface area contributed by atoms with Crippen molar-refractivity contribution in [3.8, 4) is 5.75 Å². The second-order valence-electron chi connectivity index (χ2n) is 16.3. The van der Waals surface area contributed by atoms with E-state index >= 15 is 0 Å². The molecule has 2 saturated carbocycles. The van der Waals surface area contributed by atoms with Gasteiger partial charge in [0.05, 0.1) is 20.6 Å². The molecule has 0 aromatic heterocycles. The van der Waals surface area contributed by atoms with Crippen molar-refractivity contribution >= 4 is 27.5 Å². The molecule has 1 heterocycles. The fraction of sp³-hybridized carbons (Fsp3) is 0.821. The van der Waals surface area contributed by atoms with Gasteiger partial charge in [-0.25, -0.2) is 0 Å². The van der Waals surface area contributed by atoms with Gasteiger partial charge < -0.3 is 19.1 Å². The van der Waals surface area contributed by atoms with Crippen LogP contribution in [0, 0.1) is 17.3 Å². The van der Waals surface area contributed by atoms with Crippen LogP contribution in [0.25, 0.3) is 0 Å². The highest BCUT2D eigenvalue weighted by atomic mass is 33.1. The Balaban J connectivity index is 1.04. The van der Waals surface area contributed by atoms with E-state index in [1.54, 1.807) is 11.9 Å². The number of hydrogen-bond acceptors (Lipinski definition) is 8. The van der Waals surface area contributed by atoms with Gasteiger partial charge in [0.1, 0.15) is 5.75 Å². The molecule has 5 rings (SSSR count). The van der Waals surface area contributed by atoms with Crippen molar-refractivity contribution in [2.75, 3.05) is 72.6 Å². The molecule has 1 aromatic carbocycles. The number of carbonyl (C=O) groups excluding carboxylic acids is 1. The van der Waals surface area contributed by atoms with Crippen LogP contribution >= 0.6 is 21.6 Å². The Labute approximate surface area is 326 Å². The van der Waals surface area contributed by atoms with Gasteiger partial charge in [0.2, 0.25) is 5.91 Å². The Morgan fingerprint density at radius 1 is 1.06 bits per heavy atom. The van der Waals surface area contributed by atoms with Crippen LogP contribution in [0.4, 0.5) is 26.3 Å². The maximum Gasteiger partial charge on any atom is 0.426 e. The maximum absolute atomic E-state index is 13.5. The molecule has 0 N–H and O–H groups in total. The Morgan fingerprint density at radius 2 is 1.81 bits per heavy atom. The molecule has 1 saturated heterocycles. The lowest BCUT2D eigenvalue weighted by Gasteiger charge is -2.52. The average Bonchev–Trinajstić information content (AvgIpc) is 3.66. The van der Waals surface area contributed by atoms with Crippen molar-refractivity contribution in [2.24, 2.45) is 17.3 Å². The van der Waals surface area contributed by atoms with Crippen LogP contribution in [-0.4, -0.2) is 129 Å². The molecule has 0 spiro atoms. The van der Waals surface area contributed by atoms with Gasteiger partial charge in [-0.05, 0) is 125 Å². The van der Waals surface area contributed by atoms with Crippen molar-refractivity contribution in [3.63, 3.8) is 0 Å². The largest absolute Gasteiger partial charge is 0.494 e. The molecule has 4 aliphatic rings. The van der Waals surface area contributed by atoms with Gasteiger partial charge in [0.25, 0.3) is 5.60 Å². The van der Waals surface area contributed by atoms with E-state index < -0.39 is 24.6 Å². The minimum absolute atomic E-state index is 0.00461. The molecule has 54 heavy (non-hydrogen) atoms. The third kappa shape index (κ3) is 9.65. The number of likely N-dealkylation sites (N-methyl/N-ethyl adjacent to an activating group) is 3. The number of benzene rings is 1. The van der Waals surface area contributed by atoms with Crippen LogP contribution in [-0.2, 0) is 20.7 Å². The van der Waals surface area contributed by atoms with E-state index in [1.165, 1.54) is 11.1 Å². The second kappa shape index (κ2) is 18.0.